The summed E-state index contributed by atoms with van der Waals surface area (Å²) in [6.45, 7) is 0. The molecule has 0 amide bonds. The van der Waals surface area contributed by atoms with E-state index in [-0.39, 0.29) is 11.7 Å². The molecule has 33 heavy (non-hydrogen) atoms. The van der Waals surface area contributed by atoms with Crippen molar-refractivity contribution in [1.82, 2.24) is 14.5 Å². The van der Waals surface area contributed by atoms with E-state index in [9.17, 15) is 14.7 Å². The Morgan fingerprint density at radius 2 is 1.73 bits per heavy atom. The highest BCUT2D eigenvalue weighted by atomic mass is 16.4. The van der Waals surface area contributed by atoms with Crippen LogP contribution in [0.4, 0.5) is 0 Å². The van der Waals surface area contributed by atoms with E-state index in [0.717, 1.165) is 30.2 Å². The molecule has 1 N–H and O–H groups in total. The topological polar surface area (TPSA) is 75.4 Å². The predicted molar refractivity (Wildman–Crippen MR) is 125 cm³/mol. The number of para-hydroxylation sites is 2. The van der Waals surface area contributed by atoms with Crippen LogP contribution >= 0.6 is 0 Å². The summed E-state index contributed by atoms with van der Waals surface area (Å²) in [5.41, 5.74) is 1.06. The Labute approximate surface area is 194 Å². The first-order valence-electron chi connectivity index (χ1n) is 13.0. The number of carboxylic acids is 1. The Morgan fingerprint density at radius 3 is 2.45 bits per heavy atom. The number of piperidine rings is 1. The van der Waals surface area contributed by atoms with Gasteiger partial charge in [0, 0.05) is 24.2 Å². The minimum absolute atomic E-state index is 0.0535. The van der Waals surface area contributed by atoms with Gasteiger partial charge < -0.3 is 9.67 Å². The summed E-state index contributed by atoms with van der Waals surface area (Å²) in [7, 11) is 0. The van der Waals surface area contributed by atoms with Gasteiger partial charge in [0.25, 0.3) is 5.56 Å². The van der Waals surface area contributed by atoms with Crippen LogP contribution in [0.25, 0.3) is 11.0 Å². The minimum Gasteiger partial charge on any atom is -0.476 e. The molecule has 1 aromatic heterocycles. The number of rotatable bonds is 3. The molecule has 7 rings (SSSR count). The second-order valence-electron chi connectivity index (χ2n) is 11.8. The van der Waals surface area contributed by atoms with Gasteiger partial charge in [-0.1, -0.05) is 31.4 Å². The van der Waals surface area contributed by atoms with Crippen molar-refractivity contribution in [2.75, 3.05) is 0 Å². The zero-order valence-corrected chi connectivity index (χ0v) is 19.2. The summed E-state index contributed by atoms with van der Waals surface area (Å²) in [5, 5.41) is 9.66. The lowest BCUT2D eigenvalue weighted by molar-refractivity contribution is 0.000449. The van der Waals surface area contributed by atoms with Crippen LogP contribution in [0, 0.1) is 17.3 Å². The van der Waals surface area contributed by atoms with Crippen LogP contribution in [0.1, 0.15) is 87.2 Å². The molecule has 6 heteroatoms. The fourth-order valence-electron chi connectivity index (χ4n) is 8.58. The Kier molecular flexibility index (Phi) is 4.37. The highest BCUT2D eigenvalue weighted by Gasteiger charge is 2.63. The fraction of sp³-hybridized carbons (Fsp3) is 0.667. The lowest BCUT2D eigenvalue weighted by atomic mass is 9.69. The molecular weight excluding hydrogens is 414 g/mol. The third-order valence-corrected chi connectivity index (χ3v) is 9.95. The maximum absolute atomic E-state index is 13.4. The van der Waals surface area contributed by atoms with Crippen LogP contribution < -0.4 is 5.56 Å². The van der Waals surface area contributed by atoms with Crippen molar-refractivity contribution in [3.8, 4) is 0 Å². The van der Waals surface area contributed by atoms with Crippen LogP contribution in [0.2, 0.25) is 0 Å². The van der Waals surface area contributed by atoms with Crippen LogP contribution in [-0.2, 0) is 0 Å². The minimum atomic E-state index is -1.23. The number of aromatic nitrogens is 2. The van der Waals surface area contributed by atoms with Crippen LogP contribution in [-0.4, -0.2) is 43.7 Å². The van der Waals surface area contributed by atoms with Crippen molar-refractivity contribution in [2.45, 2.75) is 94.8 Å². The maximum atomic E-state index is 13.4. The third kappa shape index (κ3) is 3.05. The third-order valence-electron chi connectivity index (χ3n) is 9.95. The molecule has 3 aliphatic carbocycles. The van der Waals surface area contributed by atoms with Crippen molar-refractivity contribution in [3.63, 3.8) is 0 Å². The number of fused-ring (bicyclic) bond motifs is 6. The number of benzene rings is 1. The van der Waals surface area contributed by atoms with Gasteiger partial charge in [0.2, 0.25) is 5.69 Å². The van der Waals surface area contributed by atoms with Gasteiger partial charge in [0.15, 0.2) is 0 Å². The van der Waals surface area contributed by atoms with E-state index in [2.05, 4.69) is 9.88 Å². The average Bonchev–Trinajstić information content (AvgIpc) is 3.54. The number of carboxylic acid groups (broad SMARTS) is 1. The number of nitrogens with zero attached hydrogens (tertiary/aromatic N) is 3. The Morgan fingerprint density at radius 1 is 0.970 bits per heavy atom. The second-order valence-corrected chi connectivity index (χ2v) is 11.8. The first-order chi connectivity index (χ1) is 16.0. The van der Waals surface area contributed by atoms with Crippen LogP contribution in [0.3, 0.4) is 0 Å². The molecule has 2 aliphatic heterocycles. The Bertz CT molecular complexity index is 1170. The summed E-state index contributed by atoms with van der Waals surface area (Å²) in [6, 6.07) is 9.37. The summed E-state index contributed by atoms with van der Waals surface area (Å²) in [6.07, 6.45) is 14.3. The fourth-order valence-corrected chi connectivity index (χ4v) is 8.58. The van der Waals surface area contributed by atoms with E-state index in [0.29, 0.717) is 29.1 Å². The van der Waals surface area contributed by atoms with Gasteiger partial charge in [0.05, 0.1) is 11.0 Å². The molecule has 5 aliphatic rings. The molecule has 3 saturated carbocycles. The Balaban J connectivity index is 1.27. The monoisotopic (exact) mass is 447 g/mol. The highest BCUT2D eigenvalue weighted by molar-refractivity contribution is 5.88. The van der Waals surface area contributed by atoms with Crippen molar-refractivity contribution >= 4 is 17.0 Å². The highest BCUT2D eigenvalue weighted by Crippen LogP contribution is 2.65. The summed E-state index contributed by atoms with van der Waals surface area (Å²) < 4.78 is 1.81. The standard InChI is InChI=1S/C27H33N3O3/c31-25-24(26(32)33)28-21-6-1-2-7-22(21)30(25)19-13-20-15-27(8-9-27)23(14-19)29(20)18-11-16-4-3-5-17(10-16)12-18/h1-2,6-7,16-20,23H,3-5,8-15H2,(H,32,33)/t16?,17?,18?,19-,20-,23+/m1/s1. The van der Waals surface area contributed by atoms with E-state index in [1.807, 2.05) is 24.3 Å². The van der Waals surface area contributed by atoms with Gasteiger partial charge in [-0.15, -0.1) is 0 Å². The van der Waals surface area contributed by atoms with E-state index in [1.165, 1.54) is 57.8 Å². The van der Waals surface area contributed by atoms with Gasteiger partial charge in [0.1, 0.15) is 0 Å². The van der Waals surface area contributed by atoms with Gasteiger partial charge >= 0.3 is 5.97 Å². The molecule has 2 unspecified atom stereocenters. The van der Waals surface area contributed by atoms with Gasteiger partial charge in [-0.25, -0.2) is 9.78 Å². The second kappa shape index (κ2) is 7.14. The first kappa shape index (κ1) is 20.2. The van der Waals surface area contributed by atoms with Gasteiger partial charge in [-0.05, 0) is 80.8 Å². The first-order valence-corrected chi connectivity index (χ1v) is 13.0. The smallest absolute Gasteiger partial charge is 0.360 e. The molecule has 6 nitrogen and oxygen atoms in total. The molecule has 0 radical (unpaired) electrons. The van der Waals surface area contributed by atoms with E-state index in [4.69, 9.17) is 0 Å². The molecule has 1 spiro atoms. The number of carbonyl (C=O) groups is 1. The molecule has 5 atom stereocenters. The normalized spacial score (nSPS) is 36.8. The molecule has 5 fully saturated rings. The van der Waals surface area contributed by atoms with Crippen molar-refractivity contribution in [2.24, 2.45) is 17.3 Å². The maximum Gasteiger partial charge on any atom is 0.360 e. The number of hydrogen-bond acceptors (Lipinski definition) is 4. The van der Waals surface area contributed by atoms with Crippen LogP contribution in [0.15, 0.2) is 29.1 Å². The summed E-state index contributed by atoms with van der Waals surface area (Å²) in [5.74, 6) is 0.603. The largest absolute Gasteiger partial charge is 0.476 e. The zero-order valence-electron chi connectivity index (χ0n) is 19.2. The molecule has 4 bridgehead atoms. The molecule has 2 saturated heterocycles. The summed E-state index contributed by atoms with van der Waals surface area (Å²) >= 11 is 0. The van der Waals surface area contributed by atoms with Gasteiger partial charge in [-0.3, -0.25) is 9.69 Å². The van der Waals surface area contributed by atoms with E-state index < -0.39 is 11.5 Å². The van der Waals surface area contributed by atoms with Gasteiger partial charge in [-0.2, -0.15) is 0 Å². The number of aromatic carboxylic acids is 1. The lowest BCUT2D eigenvalue weighted by Gasteiger charge is -2.50. The predicted octanol–water partition coefficient (Wildman–Crippen LogP) is 4.62. The molecule has 3 heterocycles. The van der Waals surface area contributed by atoms with Crippen LogP contribution in [0.5, 0.6) is 0 Å². The zero-order chi connectivity index (χ0) is 22.3. The van der Waals surface area contributed by atoms with E-state index >= 15 is 0 Å². The van der Waals surface area contributed by atoms with E-state index in [1.54, 1.807) is 4.57 Å². The molecular formula is C27H33N3O3. The molecule has 174 valence electrons. The summed E-state index contributed by atoms with van der Waals surface area (Å²) in [4.78, 5) is 32.3. The molecule has 2 aromatic rings. The Hall–Kier alpha value is -2.21. The molecule has 1 aromatic carbocycles. The average molecular weight is 448 g/mol. The van der Waals surface area contributed by atoms with Crippen molar-refractivity contribution in [3.05, 3.63) is 40.3 Å². The lowest BCUT2D eigenvalue weighted by Crippen LogP contribution is -2.53. The SMILES string of the molecule is O=C(O)c1nc2ccccc2n([C@@H]2C[C@@H]3CC4(CC4)[C@H](C2)N3C2CC3CCCC(C3)C2)c1=O. The van der Waals surface area contributed by atoms with Crippen molar-refractivity contribution in [1.29, 1.82) is 0 Å². The quantitative estimate of drug-likeness (QED) is 0.743. The van der Waals surface area contributed by atoms with Crippen molar-refractivity contribution < 1.29 is 9.90 Å². The number of hydrogen-bond donors (Lipinski definition) is 1.